The molecule has 0 bridgehead atoms. The van der Waals surface area contributed by atoms with Gasteiger partial charge in [-0.15, -0.1) is 0 Å². The number of rotatable bonds is 6. The van der Waals surface area contributed by atoms with Gasteiger partial charge in [-0.2, -0.15) is 0 Å². The van der Waals surface area contributed by atoms with E-state index in [2.05, 4.69) is 17.1 Å². The summed E-state index contributed by atoms with van der Waals surface area (Å²) in [6.45, 7) is 5.74. The van der Waals surface area contributed by atoms with E-state index in [9.17, 15) is 9.59 Å². The van der Waals surface area contributed by atoms with Gasteiger partial charge in [0.2, 0.25) is 11.8 Å². The van der Waals surface area contributed by atoms with Crippen molar-refractivity contribution in [3.8, 4) is 0 Å². The zero-order valence-electron chi connectivity index (χ0n) is 11.9. The van der Waals surface area contributed by atoms with Gasteiger partial charge in [-0.3, -0.25) is 14.5 Å². The van der Waals surface area contributed by atoms with Gasteiger partial charge in [0.1, 0.15) is 0 Å². The summed E-state index contributed by atoms with van der Waals surface area (Å²) < 4.78 is 0. The molecule has 108 valence electrons. The Morgan fingerprint density at radius 3 is 2.42 bits per heavy atom. The molecule has 1 aliphatic carbocycles. The number of carbonyl (C=O) groups is 2. The molecular weight excluding hydrogens is 242 g/mol. The van der Waals surface area contributed by atoms with Crippen LogP contribution < -0.4 is 5.32 Å². The predicted molar refractivity (Wildman–Crippen MR) is 73.7 cm³/mol. The molecule has 1 aliphatic heterocycles. The van der Waals surface area contributed by atoms with Crippen LogP contribution in [0.1, 0.15) is 39.0 Å². The number of nitrogens with zero attached hydrogens (tertiary/aromatic N) is 2. The molecular formula is C14H25N3O2. The number of amides is 2. The molecule has 0 aromatic rings. The molecule has 2 rings (SSSR count). The van der Waals surface area contributed by atoms with E-state index in [0.717, 1.165) is 51.9 Å². The van der Waals surface area contributed by atoms with E-state index in [1.54, 1.807) is 0 Å². The van der Waals surface area contributed by atoms with Crippen molar-refractivity contribution in [1.29, 1.82) is 0 Å². The van der Waals surface area contributed by atoms with Gasteiger partial charge in [-0.1, -0.05) is 13.3 Å². The van der Waals surface area contributed by atoms with Gasteiger partial charge in [0.05, 0.1) is 6.54 Å². The van der Waals surface area contributed by atoms with Crippen molar-refractivity contribution in [2.24, 2.45) is 0 Å². The number of piperazine rings is 1. The summed E-state index contributed by atoms with van der Waals surface area (Å²) >= 11 is 0. The molecule has 2 fully saturated rings. The van der Waals surface area contributed by atoms with Crippen molar-refractivity contribution in [2.45, 2.75) is 45.1 Å². The first-order valence-electron chi connectivity index (χ1n) is 7.48. The highest BCUT2D eigenvalue weighted by atomic mass is 16.2. The van der Waals surface area contributed by atoms with Crippen LogP contribution in [0.3, 0.4) is 0 Å². The second-order valence-corrected chi connectivity index (χ2v) is 5.60. The van der Waals surface area contributed by atoms with Gasteiger partial charge in [-0.25, -0.2) is 0 Å². The van der Waals surface area contributed by atoms with Gasteiger partial charge in [0.15, 0.2) is 0 Å². The second kappa shape index (κ2) is 6.89. The van der Waals surface area contributed by atoms with Crippen LogP contribution in [0.25, 0.3) is 0 Å². The maximum absolute atomic E-state index is 11.9. The van der Waals surface area contributed by atoms with Crippen molar-refractivity contribution in [3.63, 3.8) is 0 Å². The van der Waals surface area contributed by atoms with Crippen molar-refractivity contribution in [1.82, 2.24) is 15.1 Å². The van der Waals surface area contributed by atoms with Crippen LogP contribution in [0.15, 0.2) is 0 Å². The van der Waals surface area contributed by atoms with Crippen LogP contribution in [-0.2, 0) is 9.59 Å². The smallest absolute Gasteiger partial charge is 0.234 e. The third-order valence-corrected chi connectivity index (χ3v) is 3.78. The average molecular weight is 267 g/mol. The lowest BCUT2D eigenvalue weighted by Gasteiger charge is -2.34. The zero-order valence-corrected chi connectivity index (χ0v) is 11.9. The lowest BCUT2D eigenvalue weighted by Crippen LogP contribution is -2.51. The molecule has 0 radical (unpaired) electrons. The lowest BCUT2D eigenvalue weighted by molar-refractivity contribution is -0.133. The number of hydrogen-bond acceptors (Lipinski definition) is 3. The molecule has 1 saturated heterocycles. The Morgan fingerprint density at radius 2 is 1.84 bits per heavy atom. The van der Waals surface area contributed by atoms with Crippen molar-refractivity contribution in [3.05, 3.63) is 0 Å². The first-order valence-corrected chi connectivity index (χ1v) is 7.48. The summed E-state index contributed by atoms with van der Waals surface area (Å²) in [7, 11) is 0. The van der Waals surface area contributed by atoms with Gasteiger partial charge in [0.25, 0.3) is 0 Å². The van der Waals surface area contributed by atoms with Crippen LogP contribution in [0.2, 0.25) is 0 Å². The molecule has 19 heavy (non-hydrogen) atoms. The fourth-order valence-electron chi connectivity index (χ4n) is 2.35. The summed E-state index contributed by atoms with van der Waals surface area (Å²) in [5.41, 5.74) is 0. The molecule has 5 nitrogen and oxygen atoms in total. The topological polar surface area (TPSA) is 52.7 Å². The Labute approximate surface area is 115 Å². The molecule has 0 unspecified atom stereocenters. The van der Waals surface area contributed by atoms with E-state index in [0.29, 0.717) is 19.0 Å². The van der Waals surface area contributed by atoms with E-state index < -0.39 is 0 Å². The molecule has 5 heteroatoms. The molecule has 1 N–H and O–H groups in total. The monoisotopic (exact) mass is 267 g/mol. The summed E-state index contributed by atoms with van der Waals surface area (Å²) in [6, 6.07) is 0.435. The van der Waals surface area contributed by atoms with Crippen molar-refractivity contribution < 1.29 is 9.59 Å². The molecule has 0 spiro atoms. The van der Waals surface area contributed by atoms with Crippen LogP contribution in [0.5, 0.6) is 0 Å². The Morgan fingerprint density at radius 1 is 1.16 bits per heavy atom. The fraction of sp³-hybridized carbons (Fsp3) is 0.857. The third-order valence-electron chi connectivity index (χ3n) is 3.78. The number of unbranched alkanes of at least 4 members (excludes halogenated alkanes) is 1. The van der Waals surface area contributed by atoms with Crippen molar-refractivity contribution >= 4 is 11.8 Å². The van der Waals surface area contributed by atoms with Gasteiger partial charge < -0.3 is 10.2 Å². The molecule has 1 heterocycles. The van der Waals surface area contributed by atoms with Gasteiger partial charge >= 0.3 is 0 Å². The number of nitrogens with one attached hydrogen (secondary N) is 1. The standard InChI is InChI=1S/C14H25N3O2/c1-2-3-4-14(19)17-9-7-16(8-10-17)11-13(18)15-12-5-6-12/h12H,2-11H2,1H3,(H,15,18). The number of hydrogen-bond donors (Lipinski definition) is 1. The fourth-order valence-corrected chi connectivity index (χ4v) is 2.35. The van der Waals surface area contributed by atoms with Crippen LogP contribution >= 0.6 is 0 Å². The molecule has 0 atom stereocenters. The highest BCUT2D eigenvalue weighted by Crippen LogP contribution is 2.18. The minimum atomic E-state index is 0.133. The first-order chi connectivity index (χ1) is 9.19. The van der Waals surface area contributed by atoms with E-state index in [4.69, 9.17) is 0 Å². The summed E-state index contributed by atoms with van der Waals surface area (Å²) in [4.78, 5) is 27.6. The Bertz CT molecular complexity index is 321. The molecule has 2 aliphatic rings. The van der Waals surface area contributed by atoms with Crippen LogP contribution in [0, 0.1) is 0 Å². The Balaban J connectivity index is 1.63. The highest BCUT2D eigenvalue weighted by Gasteiger charge is 2.26. The maximum atomic E-state index is 11.9. The summed E-state index contributed by atoms with van der Waals surface area (Å²) in [5, 5.41) is 3.00. The summed E-state index contributed by atoms with van der Waals surface area (Å²) in [6.07, 6.45) is 4.96. The van der Waals surface area contributed by atoms with E-state index in [-0.39, 0.29) is 11.8 Å². The molecule has 1 saturated carbocycles. The van der Waals surface area contributed by atoms with Crippen molar-refractivity contribution in [2.75, 3.05) is 32.7 Å². The van der Waals surface area contributed by atoms with E-state index in [1.165, 1.54) is 0 Å². The minimum Gasteiger partial charge on any atom is -0.352 e. The lowest BCUT2D eigenvalue weighted by atomic mass is 10.2. The van der Waals surface area contributed by atoms with Gasteiger partial charge in [-0.05, 0) is 19.3 Å². The Hall–Kier alpha value is -1.10. The number of carbonyl (C=O) groups excluding carboxylic acids is 2. The maximum Gasteiger partial charge on any atom is 0.234 e. The van der Waals surface area contributed by atoms with E-state index >= 15 is 0 Å². The second-order valence-electron chi connectivity index (χ2n) is 5.60. The third kappa shape index (κ3) is 4.82. The summed E-state index contributed by atoms with van der Waals surface area (Å²) in [5.74, 6) is 0.400. The average Bonchev–Trinajstić information content (AvgIpc) is 3.20. The largest absolute Gasteiger partial charge is 0.352 e. The first kappa shape index (κ1) is 14.3. The molecule has 2 amide bonds. The normalized spacial score (nSPS) is 20.4. The van der Waals surface area contributed by atoms with Crippen LogP contribution in [-0.4, -0.2) is 60.4 Å². The Kier molecular flexibility index (Phi) is 5.19. The SMILES string of the molecule is CCCCC(=O)N1CCN(CC(=O)NC2CC2)CC1. The quantitative estimate of drug-likeness (QED) is 0.767. The zero-order chi connectivity index (χ0) is 13.7. The van der Waals surface area contributed by atoms with Gasteiger partial charge in [0, 0.05) is 38.6 Å². The highest BCUT2D eigenvalue weighted by molar-refractivity contribution is 5.79. The minimum absolute atomic E-state index is 0.133. The predicted octanol–water partition coefficient (Wildman–Crippen LogP) is 0.599. The van der Waals surface area contributed by atoms with E-state index in [1.807, 2.05) is 4.90 Å². The molecule has 0 aromatic heterocycles. The molecule has 0 aromatic carbocycles. The van der Waals surface area contributed by atoms with Crippen LogP contribution in [0.4, 0.5) is 0 Å².